The average molecular weight is 496 g/mol. The monoisotopic (exact) mass is 496 g/mol. The van der Waals surface area contributed by atoms with Crippen LogP contribution in [0.1, 0.15) is 39.2 Å². The van der Waals surface area contributed by atoms with Crippen LogP contribution in [-0.4, -0.2) is 39.8 Å². The molecule has 0 aliphatic rings. The molecule has 0 amide bonds. The summed E-state index contributed by atoms with van der Waals surface area (Å²) >= 11 is 0. The number of nitrogens with zero attached hydrogens (tertiary/aromatic N) is 1. The van der Waals surface area contributed by atoms with Crippen LogP contribution in [0.3, 0.4) is 0 Å². The standard InChI is InChI=1S/C18H32N4O2S.HI/c1-15(2)10-11-16(3)22-18(19-4)20-12-13-25(23,24)21-14-17-8-6-5-7-9-17;/h5-9,15-16,21H,10-14H2,1-4H3,(H2,19,20,22);1H. The second kappa shape index (κ2) is 13.3. The van der Waals surface area contributed by atoms with Crippen molar-refractivity contribution in [2.45, 2.75) is 46.2 Å². The highest BCUT2D eigenvalue weighted by molar-refractivity contribution is 14.0. The molecular weight excluding hydrogens is 463 g/mol. The molecule has 150 valence electrons. The van der Waals surface area contributed by atoms with E-state index in [0.29, 0.717) is 31.0 Å². The molecule has 26 heavy (non-hydrogen) atoms. The van der Waals surface area contributed by atoms with Crippen LogP contribution >= 0.6 is 24.0 Å². The Morgan fingerprint density at radius 3 is 2.35 bits per heavy atom. The Labute approximate surface area is 175 Å². The van der Waals surface area contributed by atoms with Crippen molar-refractivity contribution in [1.29, 1.82) is 0 Å². The van der Waals surface area contributed by atoms with Crippen molar-refractivity contribution >= 4 is 40.0 Å². The van der Waals surface area contributed by atoms with Crippen LogP contribution in [-0.2, 0) is 16.6 Å². The van der Waals surface area contributed by atoms with E-state index in [0.717, 1.165) is 18.4 Å². The van der Waals surface area contributed by atoms with Crippen LogP contribution in [0.5, 0.6) is 0 Å². The summed E-state index contributed by atoms with van der Waals surface area (Å²) in [5, 5.41) is 6.35. The van der Waals surface area contributed by atoms with Gasteiger partial charge in [0.1, 0.15) is 0 Å². The molecule has 0 aliphatic carbocycles. The van der Waals surface area contributed by atoms with E-state index in [2.05, 4.69) is 41.1 Å². The Kier molecular flexibility index (Phi) is 12.9. The first-order valence-electron chi connectivity index (χ1n) is 8.81. The minimum atomic E-state index is -3.33. The molecule has 1 rings (SSSR count). The number of guanidine groups is 1. The van der Waals surface area contributed by atoms with Crippen molar-refractivity contribution < 1.29 is 8.42 Å². The van der Waals surface area contributed by atoms with Crippen LogP contribution < -0.4 is 15.4 Å². The summed E-state index contributed by atoms with van der Waals surface area (Å²) in [6.45, 7) is 7.12. The lowest BCUT2D eigenvalue weighted by molar-refractivity contribution is 0.489. The van der Waals surface area contributed by atoms with Crippen LogP contribution in [0, 0.1) is 5.92 Å². The summed E-state index contributed by atoms with van der Waals surface area (Å²) in [5.41, 5.74) is 0.940. The van der Waals surface area contributed by atoms with Gasteiger partial charge in [-0.25, -0.2) is 13.1 Å². The van der Waals surface area contributed by atoms with Gasteiger partial charge in [0.15, 0.2) is 5.96 Å². The Hall–Kier alpha value is -0.870. The molecule has 0 aromatic heterocycles. The molecule has 0 aliphatic heterocycles. The predicted octanol–water partition coefficient (Wildman–Crippen LogP) is 2.71. The van der Waals surface area contributed by atoms with Gasteiger partial charge in [-0.1, -0.05) is 44.2 Å². The first-order chi connectivity index (χ1) is 11.8. The van der Waals surface area contributed by atoms with E-state index in [1.807, 2.05) is 30.3 Å². The van der Waals surface area contributed by atoms with E-state index in [1.54, 1.807) is 7.05 Å². The Balaban J connectivity index is 0.00000625. The van der Waals surface area contributed by atoms with Crippen LogP contribution in [0.25, 0.3) is 0 Å². The molecule has 0 fully saturated rings. The van der Waals surface area contributed by atoms with Gasteiger partial charge in [0.05, 0.1) is 5.75 Å². The summed E-state index contributed by atoms with van der Waals surface area (Å²) in [7, 11) is -1.64. The number of sulfonamides is 1. The fraction of sp³-hybridized carbons (Fsp3) is 0.611. The lowest BCUT2D eigenvalue weighted by Crippen LogP contribution is -2.44. The lowest BCUT2D eigenvalue weighted by Gasteiger charge is -2.18. The first kappa shape index (κ1) is 25.1. The third kappa shape index (κ3) is 11.7. The molecule has 0 bridgehead atoms. The van der Waals surface area contributed by atoms with Gasteiger partial charge >= 0.3 is 0 Å². The zero-order valence-corrected chi connectivity index (χ0v) is 19.3. The number of rotatable bonds is 10. The van der Waals surface area contributed by atoms with E-state index < -0.39 is 10.0 Å². The first-order valence-corrected chi connectivity index (χ1v) is 10.5. The van der Waals surface area contributed by atoms with Gasteiger partial charge in [-0.05, 0) is 31.2 Å². The third-order valence-corrected chi connectivity index (χ3v) is 5.11. The molecule has 1 unspecified atom stereocenters. The Morgan fingerprint density at radius 2 is 1.77 bits per heavy atom. The lowest BCUT2D eigenvalue weighted by atomic mass is 10.0. The Bertz CT molecular complexity index is 621. The fourth-order valence-corrected chi connectivity index (χ4v) is 3.15. The number of aliphatic imine (C=N–C) groups is 1. The summed E-state index contributed by atoms with van der Waals surface area (Å²) in [5.74, 6) is 1.30. The van der Waals surface area contributed by atoms with Crippen LogP contribution in [0.15, 0.2) is 35.3 Å². The maximum Gasteiger partial charge on any atom is 0.213 e. The number of halogens is 1. The van der Waals surface area contributed by atoms with Crippen molar-refractivity contribution in [3.8, 4) is 0 Å². The van der Waals surface area contributed by atoms with Gasteiger partial charge in [0, 0.05) is 26.2 Å². The van der Waals surface area contributed by atoms with E-state index in [-0.39, 0.29) is 29.7 Å². The molecule has 6 nitrogen and oxygen atoms in total. The van der Waals surface area contributed by atoms with Crippen molar-refractivity contribution in [1.82, 2.24) is 15.4 Å². The normalized spacial score (nSPS) is 13.2. The maximum atomic E-state index is 12.1. The van der Waals surface area contributed by atoms with Crippen LogP contribution in [0.2, 0.25) is 0 Å². The number of hydrogen-bond acceptors (Lipinski definition) is 3. The SMILES string of the molecule is CN=C(NCCS(=O)(=O)NCc1ccccc1)NC(C)CCC(C)C.I. The quantitative estimate of drug-likeness (QED) is 0.264. The second-order valence-corrected chi connectivity index (χ2v) is 8.57. The molecule has 8 heteroatoms. The van der Waals surface area contributed by atoms with Crippen molar-refractivity contribution in [2.24, 2.45) is 10.9 Å². The molecule has 1 atom stereocenters. The zero-order chi connectivity index (χ0) is 18.7. The summed E-state index contributed by atoms with van der Waals surface area (Å²) in [6, 6.07) is 9.77. The number of benzene rings is 1. The third-order valence-electron chi connectivity index (χ3n) is 3.79. The number of hydrogen-bond donors (Lipinski definition) is 3. The summed E-state index contributed by atoms with van der Waals surface area (Å²) < 4.78 is 26.7. The molecule has 3 N–H and O–H groups in total. The van der Waals surface area contributed by atoms with Gasteiger partial charge in [-0.15, -0.1) is 24.0 Å². The predicted molar refractivity (Wildman–Crippen MR) is 121 cm³/mol. The van der Waals surface area contributed by atoms with Gasteiger partial charge in [0.2, 0.25) is 10.0 Å². The minimum absolute atomic E-state index is 0. The van der Waals surface area contributed by atoms with E-state index in [1.165, 1.54) is 0 Å². The van der Waals surface area contributed by atoms with Crippen molar-refractivity contribution in [2.75, 3.05) is 19.3 Å². The molecule has 0 heterocycles. The maximum absolute atomic E-state index is 12.1. The fourth-order valence-electron chi connectivity index (χ4n) is 2.25. The second-order valence-electron chi connectivity index (χ2n) is 6.64. The highest BCUT2D eigenvalue weighted by Gasteiger charge is 2.11. The van der Waals surface area contributed by atoms with Crippen molar-refractivity contribution in [3.05, 3.63) is 35.9 Å². The topological polar surface area (TPSA) is 82.6 Å². The summed E-state index contributed by atoms with van der Waals surface area (Å²) in [4.78, 5) is 4.15. The smallest absolute Gasteiger partial charge is 0.213 e. The highest BCUT2D eigenvalue weighted by atomic mass is 127. The largest absolute Gasteiger partial charge is 0.355 e. The highest BCUT2D eigenvalue weighted by Crippen LogP contribution is 2.06. The molecule has 0 spiro atoms. The Morgan fingerprint density at radius 1 is 1.12 bits per heavy atom. The van der Waals surface area contributed by atoms with E-state index in [4.69, 9.17) is 0 Å². The van der Waals surface area contributed by atoms with Crippen molar-refractivity contribution in [3.63, 3.8) is 0 Å². The molecule has 0 radical (unpaired) electrons. The van der Waals surface area contributed by atoms with E-state index in [9.17, 15) is 8.42 Å². The van der Waals surface area contributed by atoms with Gasteiger partial charge < -0.3 is 10.6 Å². The zero-order valence-electron chi connectivity index (χ0n) is 16.2. The molecule has 0 saturated heterocycles. The molecular formula is C18H33IN4O2S. The van der Waals surface area contributed by atoms with Gasteiger partial charge in [-0.2, -0.15) is 0 Å². The van der Waals surface area contributed by atoms with Crippen LogP contribution in [0.4, 0.5) is 0 Å². The average Bonchev–Trinajstić information content (AvgIpc) is 2.58. The molecule has 1 aromatic rings. The number of nitrogens with one attached hydrogen (secondary N) is 3. The van der Waals surface area contributed by atoms with Gasteiger partial charge in [0.25, 0.3) is 0 Å². The van der Waals surface area contributed by atoms with E-state index >= 15 is 0 Å². The summed E-state index contributed by atoms with van der Waals surface area (Å²) in [6.07, 6.45) is 2.19. The van der Waals surface area contributed by atoms with Gasteiger partial charge in [-0.3, -0.25) is 4.99 Å². The minimum Gasteiger partial charge on any atom is -0.355 e. The molecule has 1 aromatic carbocycles. The molecule has 0 saturated carbocycles.